The maximum atomic E-state index is 7.32. The van der Waals surface area contributed by atoms with Crippen LogP contribution in [0.1, 0.15) is 79.0 Å². The number of hydrogen-bond donors (Lipinski definition) is 0. The molecule has 12 aromatic rings. The normalized spacial score (nSPS) is 13.9. The van der Waals surface area contributed by atoms with Gasteiger partial charge in [-0.25, -0.2) is 4.98 Å². The molecule has 2 aliphatic rings. The van der Waals surface area contributed by atoms with Crippen molar-refractivity contribution < 1.29 is 8.83 Å². The van der Waals surface area contributed by atoms with Crippen molar-refractivity contribution in [3.8, 4) is 28.3 Å². The van der Waals surface area contributed by atoms with E-state index in [-0.39, 0.29) is 23.1 Å². The summed E-state index contributed by atoms with van der Waals surface area (Å²) in [6.07, 6.45) is 0. The number of rotatable bonds is 2. The summed E-state index contributed by atoms with van der Waals surface area (Å²) >= 11 is 1.90. The van der Waals surface area contributed by atoms with E-state index in [2.05, 4.69) is 193 Å². The molecule has 6 heterocycles. The third-order valence-electron chi connectivity index (χ3n) is 15.1. The lowest BCUT2D eigenvalue weighted by atomic mass is 9.43. The molecule has 8 aromatic carbocycles. The minimum Gasteiger partial charge on any atom is -0.455 e. The summed E-state index contributed by atoms with van der Waals surface area (Å²) in [5.74, 6) is 0.618. The van der Waals surface area contributed by atoms with E-state index in [1.807, 2.05) is 29.5 Å². The van der Waals surface area contributed by atoms with E-state index in [1.165, 1.54) is 75.0 Å². The molecule has 0 unspecified atom stereocenters. The van der Waals surface area contributed by atoms with Crippen LogP contribution in [0.15, 0.2) is 148 Å². The van der Waals surface area contributed by atoms with Crippen LogP contribution in [-0.4, -0.2) is 16.4 Å². The molecule has 0 atom stereocenters. The fourth-order valence-electron chi connectivity index (χ4n) is 11.5. The Hall–Kier alpha value is -7.09. The van der Waals surface area contributed by atoms with Gasteiger partial charge in [-0.2, -0.15) is 0 Å². The average Bonchev–Trinajstić information content (AvgIpc) is 4.09. The van der Waals surface area contributed by atoms with Crippen LogP contribution in [-0.2, 0) is 16.2 Å². The Balaban J connectivity index is 1.19. The molecular weight excluding hydrogens is 850 g/mol. The van der Waals surface area contributed by atoms with E-state index in [4.69, 9.17) is 13.8 Å². The molecule has 0 aliphatic carbocycles. The number of anilines is 2. The molecule has 68 heavy (non-hydrogen) atoms. The van der Waals surface area contributed by atoms with Gasteiger partial charge in [0, 0.05) is 81.5 Å². The van der Waals surface area contributed by atoms with Crippen molar-refractivity contribution in [2.24, 2.45) is 0 Å². The SMILES string of the molecule is CC(C)(C)c1ccc(N2B3c4cc5nc(-c6ccccc6)oc5cc4-n4c5ccc(C(C)(C)C)cc5c5c6c(oc7ccccc76)c(c3c54)-c3cc4sc5cc(C(C)(C)C)ccc5c4cc32)cc1. The lowest BCUT2D eigenvalue weighted by Gasteiger charge is -2.42. The molecule has 0 saturated carbocycles. The highest BCUT2D eigenvalue weighted by Gasteiger charge is 2.47. The Labute approximate surface area is 399 Å². The number of thiophene rings is 1. The van der Waals surface area contributed by atoms with Crippen LogP contribution in [0.25, 0.3) is 103 Å². The fourth-order valence-corrected chi connectivity index (χ4v) is 12.7. The highest BCUT2D eigenvalue weighted by molar-refractivity contribution is 7.25. The first-order valence-corrected chi connectivity index (χ1v) is 24.8. The smallest absolute Gasteiger partial charge is 0.333 e. The van der Waals surface area contributed by atoms with Gasteiger partial charge in [0.15, 0.2) is 5.58 Å². The number of hydrogen-bond acceptors (Lipinski definition) is 5. The van der Waals surface area contributed by atoms with Gasteiger partial charge in [0.05, 0.1) is 11.0 Å². The number of furan rings is 1. The largest absolute Gasteiger partial charge is 0.455 e. The van der Waals surface area contributed by atoms with Crippen LogP contribution < -0.4 is 15.7 Å². The zero-order valence-electron chi connectivity index (χ0n) is 39.9. The van der Waals surface area contributed by atoms with Crippen molar-refractivity contribution in [2.45, 2.75) is 78.6 Å². The van der Waals surface area contributed by atoms with E-state index >= 15 is 0 Å². The van der Waals surface area contributed by atoms with Gasteiger partial charge in [0.25, 0.3) is 0 Å². The average molecular weight is 900 g/mol. The summed E-state index contributed by atoms with van der Waals surface area (Å²) in [7, 11) is 0. The van der Waals surface area contributed by atoms with E-state index in [0.717, 1.165) is 61.4 Å². The fraction of sp³-hybridized carbons (Fsp3) is 0.197. The van der Waals surface area contributed by atoms with Gasteiger partial charge < -0.3 is 18.2 Å². The van der Waals surface area contributed by atoms with E-state index in [9.17, 15) is 0 Å². The predicted octanol–water partition coefficient (Wildman–Crippen LogP) is 16.0. The number of aromatic nitrogens is 2. The van der Waals surface area contributed by atoms with Crippen molar-refractivity contribution in [3.05, 3.63) is 156 Å². The Morgan fingerprint density at radius 1 is 0.544 bits per heavy atom. The van der Waals surface area contributed by atoms with Gasteiger partial charge >= 0.3 is 6.85 Å². The summed E-state index contributed by atoms with van der Waals surface area (Å²) in [5, 5.41) is 7.31. The maximum Gasteiger partial charge on any atom is 0.333 e. The second-order valence-corrected chi connectivity index (χ2v) is 23.5. The molecule has 5 nitrogen and oxygen atoms in total. The first-order valence-electron chi connectivity index (χ1n) is 24.0. The zero-order chi connectivity index (χ0) is 46.3. The third kappa shape index (κ3) is 5.48. The van der Waals surface area contributed by atoms with Crippen molar-refractivity contribution in [3.63, 3.8) is 0 Å². The quantitative estimate of drug-likeness (QED) is 0.162. The van der Waals surface area contributed by atoms with Crippen LogP contribution in [0.2, 0.25) is 0 Å². The van der Waals surface area contributed by atoms with Gasteiger partial charge in [-0.05, 0) is 111 Å². The predicted molar refractivity (Wildman–Crippen MR) is 289 cm³/mol. The molecule has 330 valence electrons. The summed E-state index contributed by atoms with van der Waals surface area (Å²) in [5.41, 5.74) is 18.9. The van der Waals surface area contributed by atoms with Crippen LogP contribution in [0.5, 0.6) is 0 Å². The Kier molecular flexibility index (Phi) is 7.84. The molecule has 0 bridgehead atoms. The van der Waals surface area contributed by atoms with Gasteiger partial charge in [0.1, 0.15) is 16.7 Å². The highest BCUT2D eigenvalue weighted by atomic mass is 32.1. The molecular formula is C61H50BN3O2S. The second-order valence-electron chi connectivity index (χ2n) is 22.4. The number of fused-ring (bicyclic) bond motifs is 17. The summed E-state index contributed by atoms with van der Waals surface area (Å²) in [4.78, 5) is 7.87. The molecule has 7 heteroatoms. The Bertz CT molecular complexity index is 4150. The summed E-state index contributed by atoms with van der Waals surface area (Å²) in [6, 6.07) is 52.0. The lowest BCUT2D eigenvalue weighted by molar-refractivity contribution is 0.590. The molecule has 14 rings (SSSR count). The van der Waals surface area contributed by atoms with E-state index in [1.54, 1.807) is 0 Å². The molecule has 2 aliphatic heterocycles. The van der Waals surface area contributed by atoms with Crippen molar-refractivity contribution in [2.75, 3.05) is 4.81 Å². The molecule has 0 spiro atoms. The van der Waals surface area contributed by atoms with Crippen LogP contribution in [0.3, 0.4) is 0 Å². The number of benzene rings is 8. The third-order valence-corrected chi connectivity index (χ3v) is 16.2. The molecule has 0 amide bonds. The maximum absolute atomic E-state index is 7.32. The van der Waals surface area contributed by atoms with Gasteiger partial charge in [0.2, 0.25) is 5.89 Å². The molecule has 0 saturated heterocycles. The molecule has 4 aromatic heterocycles. The van der Waals surface area contributed by atoms with Crippen molar-refractivity contribution >= 4 is 116 Å². The van der Waals surface area contributed by atoms with Crippen molar-refractivity contribution in [1.29, 1.82) is 0 Å². The minimum atomic E-state index is -0.247. The van der Waals surface area contributed by atoms with Crippen LogP contribution in [0, 0.1) is 0 Å². The Morgan fingerprint density at radius 2 is 1.24 bits per heavy atom. The van der Waals surface area contributed by atoms with Gasteiger partial charge in [-0.1, -0.05) is 129 Å². The highest BCUT2D eigenvalue weighted by Crippen LogP contribution is 2.53. The number of nitrogens with zero attached hydrogens (tertiary/aromatic N) is 3. The van der Waals surface area contributed by atoms with E-state index in [0.29, 0.717) is 5.89 Å². The second kappa shape index (κ2) is 13.3. The monoisotopic (exact) mass is 899 g/mol. The number of oxazole rings is 1. The van der Waals surface area contributed by atoms with Crippen LogP contribution >= 0.6 is 11.3 Å². The van der Waals surface area contributed by atoms with E-state index < -0.39 is 0 Å². The first-order chi connectivity index (χ1) is 32.6. The molecule has 0 fully saturated rings. The standard InChI is InChI=1S/C61H50BN3O2S/c1-59(2,3)34-19-23-37(24-20-34)65-46-29-40-38-25-21-36(61(7,8)9)28-50(38)68-51(40)30-42(46)54-55-56-52(53-39-17-13-14-18-48(39)66-57(53)54)41-27-35(60(4,5)6)22-26-45(41)64(56)47-32-49-44(31-43(47)62(55)65)63-58(67-49)33-15-11-10-12-16-33/h10-32H,1-9H3. The first kappa shape index (κ1) is 40.0. The molecule has 0 radical (unpaired) electrons. The molecule has 0 N–H and O–H groups in total. The van der Waals surface area contributed by atoms with Crippen molar-refractivity contribution in [1.82, 2.24) is 9.55 Å². The Morgan fingerprint density at radius 3 is 2.00 bits per heavy atom. The van der Waals surface area contributed by atoms with Gasteiger partial charge in [-0.15, -0.1) is 11.3 Å². The summed E-state index contributed by atoms with van der Waals surface area (Å²) in [6.45, 7) is 20.5. The lowest BCUT2D eigenvalue weighted by Crippen LogP contribution is -2.60. The topological polar surface area (TPSA) is 47.3 Å². The van der Waals surface area contributed by atoms with Gasteiger partial charge in [-0.3, -0.25) is 0 Å². The summed E-state index contributed by atoms with van der Waals surface area (Å²) < 4.78 is 19.2. The minimum absolute atomic E-state index is 0.00301. The number of para-hydroxylation sites is 1. The van der Waals surface area contributed by atoms with Crippen LogP contribution in [0.4, 0.5) is 11.4 Å². The zero-order valence-corrected chi connectivity index (χ0v) is 40.7.